The Morgan fingerprint density at radius 1 is 1.50 bits per heavy atom. The molecule has 1 fully saturated rings. The van der Waals surface area contributed by atoms with Crippen LogP contribution in [0.2, 0.25) is 0 Å². The molecule has 2 heterocycles. The van der Waals surface area contributed by atoms with E-state index in [1.54, 1.807) is 13.0 Å². The molecule has 0 aromatic carbocycles. The highest BCUT2D eigenvalue weighted by molar-refractivity contribution is 7.15. The van der Waals surface area contributed by atoms with Gasteiger partial charge in [-0.1, -0.05) is 11.8 Å². The Bertz CT molecular complexity index is 707. The van der Waals surface area contributed by atoms with Crippen molar-refractivity contribution in [2.75, 3.05) is 18.1 Å². The highest BCUT2D eigenvalue weighted by Gasteiger charge is 2.37. The van der Waals surface area contributed by atoms with E-state index < -0.39 is 24.6 Å². The number of aromatic carboxylic acids is 1. The lowest BCUT2D eigenvalue weighted by atomic mass is 9.98. The van der Waals surface area contributed by atoms with E-state index in [1.165, 1.54) is 4.90 Å². The summed E-state index contributed by atoms with van der Waals surface area (Å²) in [5.41, 5.74) is 0.0994. The first-order valence-corrected chi connectivity index (χ1v) is 8.41. The van der Waals surface area contributed by atoms with Gasteiger partial charge in [-0.05, 0) is 33.8 Å². The third-order valence-electron chi connectivity index (χ3n) is 3.39. The Morgan fingerprint density at radius 3 is 2.71 bits per heavy atom. The van der Waals surface area contributed by atoms with E-state index in [0.29, 0.717) is 10.6 Å². The Kier molecular flexibility index (Phi) is 5.33. The van der Waals surface area contributed by atoms with Crippen LogP contribution >= 0.6 is 11.3 Å². The fourth-order valence-corrected chi connectivity index (χ4v) is 3.13. The first-order valence-electron chi connectivity index (χ1n) is 7.60. The lowest BCUT2D eigenvalue weighted by Crippen LogP contribution is -2.54. The van der Waals surface area contributed by atoms with E-state index in [4.69, 9.17) is 4.74 Å². The van der Waals surface area contributed by atoms with Gasteiger partial charge in [0.2, 0.25) is 0 Å². The second-order valence-corrected chi connectivity index (χ2v) is 7.74. The number of nitrogens with zero attached hydrogens (tertiary/aromatic N) is 1. The number of amides is 1. The van der Waals surface area contributed by atoms with Crippen LogP contribution in [0.15, 0.2) is 6.07 Å². The summed E-state index contributed by atoms with van der Waals surface area (Å²) in [6.07, 6.45) is -0.966. The molecule has 0 bridgehead atoms. The van der Waals surface area contributed by atoms with Crippen molar-refractivity contribution >= 4 is 28.9 Å². The van der Waals surface area contributed by atoms with Gasteiger partial charge in [0.25, 0.3) is 5.91 Å². The van der Waals surface area contributed by atoms with Crippen molar-refractivity contribution in [2.24, 2.45) is 5.41 Å². The van der Waals surface area contributed by atoms with Gasteiger partial charge in [0, 0.05) is 5.41 Å². The fourth-order valence-electron chi connectivity index (χ4n) is 2.28. The zero-order chi connectivity index (χ0) is 18.1. The minimum absolute atomic E-state index is 0.0620. The van der Waals surface area contributed by atoms with Gasteiger partial charge < -0.3 is 19.8 Å². The van der Waals surface area contributed by atoms with Crippen molar-refractivity contribution < 1.29 is 24.5 Å². The van der Waals surface area contributed by atoms with Crippen LogP contribution in [0.3, 0.4) is 0 Å². The summed E-state index contributed by atoms with van der Waals surface area (Å²) in [5, 5.41) is 18.7. The van der Waals surface area contributed by atoms with Gasteiger partial charge in [-0.3, -0.25) is 4.79 Å². The number of morpholine rings is 1. The molecule has 24 heavy (non-hydrogen) atoms. The molecule has 1 aromatic rings. The number of carbonyl (C=O) groups excluding carboxylic acids is 1. The molecule has 1 amide bonds. The number of anilines is 1. The van der Waals surface area contributed by atoms with E-state index in [1.807, 2.05) is 20.8 Å². The van der Waals surface area contributed by atoms with Gasteiger partial charge in [0.15, 0.2) is 6.10 Å². The summed E-state index contributed by atoms with van der Waals surface area (Å²) in [6.45, 7) is 7.46. The lowest BCUT2D eigenvalue weighted by Gasteiger charge is -2.36. The van der Waals surface area contributed by atoms with Gasteiger partial charge in [-0.2, -0.15) is 0 Å². The predicted molar refractivity (Wildman–Crippen MR) is 91.4 cm³/mol. The molecule has 1 unspecified atom stereocenters. The third-order valence-corrected chi connectivity index (χ3v) is 4.41. The van der Waals surface area contributed by atoms with Crippen molar-refractivity contribution in [1.82, 2.24) is 0 Å². The van der Waals surface area contributed by atoms with Crippen molar-refractivity contribution in [3.8, 4) is 11.8 Å². The van der Waals surface area contributed by atoms with Gasteiger partial charge in [0.05, 0.1) is 29.8 Å². The molecule has 1 saturated heterocycles. The summed E-state index contributed by atoms with van der Waals surface area (Å²) in [7, 11) is 0. The van der Waals surface area contributed by atoms with Crippen molar-refractivity contribution in [1.29, 1.82) is 0 Å². The number of ether oxygens (including phenoxy) is 1. The molecule has 7 heteroatoms. The fraction of sp³-hybridized carbons (Fsp3) is 0.529. The summed E-state index contributed by atoms with van der Waals surface area (Å²) < 4.78 is 5.29. The van der Waals surface area contributed by atoms with Gasteiger partial charge in [-0.25, -0.2) is 4.79 Å². The van der Waals surface area contributed by atoms with Crippen LogP contribution in [-0.2, 0) is 9.53 Å². The van der Waals surface area contributed by atoms with Crippen LogP contribution in [0, 0.1) is 17.3 Å². The molecule has 1 aliphatic rings. The molecule has 2 N–H and O–H groups in total. The standard InChI is InChI=1S/C17H21NO5S/c1-10-9-23-13(8-19)15(20)18(10)12-7-11(5-6-17(2,3)4)24-14(12)16(21)22/h7,10,13,19H,8-9H2,1-4H3,(H,21,22)/t10-,13?/m1/s1. The molecule has 2 rings (SSSR count). The zero-order valence-corrected chi connectivity index (χ0v) is 14.9. The summed E-state index contributed by atoms with van der Waals surface area (Å²) in [5.74, 6) is 4.50. The van der Waals surface area contributed by atoms with Crippen LogP contribution < -0.4 is 4.90 Å². The number of thiophene rings is 1. The number of rotatable bonds is 3. The molecule has 0 radical (unpaired) electrons. The van der Waals surface area contributed by atoms with E-state index in [2.05, 4.69) is 11.8 Å². The number of carboxylic acid groups (broad SMARTS) is 1. The first-order chi connectivity index (χ1) is 11.1. The van der Waals surface area contributed by atoms with Crippen LogP contribution in [0.25, 0.3) is 0 Å². The Hall–Kier alpha value is -1.88. The summed E-state index contributed by atoms with van der Waals surface area (Å²) in [6, 6.07) is 1.30. The number of carbonyl (C=O) groups is 2. The molecule has 2 atom stereocenters. The number of hydrogen-bond donors (Lipinski definition) is 2. The number of hydrogen-bond acceptors (Lipinski definition) is 5. The smallest absolute Gasteiger partial charge is 0.348 e. The van der Waals surface area contributed by atoms with E-state index in [-0.39, 0.29) is 22.9 Å². The molecule has 1 aliphatic heterocycles. The highest BCUT2D eigenvalue weighted by atomic mass is 32.1. The van der Waals surface area contributed by atoms with E-state index in [0.717, 1.165) is 11.3 Å². The lowest BCUT2D eigenvalue weighted by molar-refractivity contribution is -0.138. The maximum Gasteiger partial charge on any atom is 0.348 e. The normalized spacial score (nSPS) is 21.4. The van der Waals surface area contributed by atoms with Crippen LogP contribution in [0.4, 0.5) is 5.69 Å². The molecule has 0 saturated carbocycles. The largest absolute Gasteiger partial charge is 0.477 e. The first kappa shape index (κ1) is 18.5. The van der Waals surface area contributed by atoms with E-state index >= 15 is 0 Å². The van der Waals surface area contributed by atoms with Crippen molar-refractivity contribution in [2.45, 2.75) is 39.8 Å². The Labute approximate surface area is 145 Å². The van der Waals surface area contributed by atoms with Crippen molar-refractivity contribution in [3.63, 3.8) is 0 Å². The molecular weight excluding hydrogens is 330 g/mol. The van der Waals surface area contributed by atoms with Crippen LogP contribution in [0.5, 0.6) is 0 Å². The SMILES string of the molecule is C[C@@H]1COC(CO)C(=O)N1c1cc(C#CC(C)(C)C)sc1C(=O)O. The van der Waals surface area contributed by atoms with Crippen molar-refractivity contribution in [3.05, 3.63) is 15.8 Å². The minimum atomic E-state index is -1.11. The second kappa shape index (κ2) is 6.93. The predicted octanol–water partition coefficient (Wildman–Crippen LogP) is 1.96. The monoisotopic (exact) mass is 351 g/mol. The summed E-state index contributed by atoms with van der Waals surface area (Å²) in [4.78, 5) is 26.1. The van der Waals surface area contributed by atoms with Crippen LogP contribution in [-0.4, -0.2) is 47.4 Å². The zero-order valence-electron chi connectivity index (χ0n) is 14.1. The molecule has 1 aromatic heterocycles. The number of carboxylic acids is 1. The van der Waals surface area contributed by atoms with Gasteiger partial charge in [0.1, 0.15) is 4.88 Å². The molecule has 130 valence electrons. The molecule has 0 aliphatic carbocycles. The number of aliphatic hydroxyl groups is 1. The number of aliphatic hydroxyl groups excluding tert-OH is 1. The Morgan fingerprint density at radius 2 is 2.17 bits per heavy atom. The second-order valence-electron chi connectivity index (χ2n) is 6.69. The third kappa shape index (κ3) is 3.96. The molecule has 0 spiro atoms. The summed E-state index contributed by atoms with van der Waals surface area (Å²) >= 11 is 1.04. The minimum Gasteiger partial charge on any atom is -0.477 e. The topological polar surface area (TPSA) is 87.1 Å². The highest BCUT2D eigenvalue weighted by Crippen LogP contribution is 2.33. The quantitative estimate of drug-likeness (QED) is 0.813. The van der Waals surface area contributed by atoms with Gasteiger partial charge in [-0.15, -0.1) is 11.3 Å². The maximum absolute atomic E-state index is 12.5. The Balaban J connectivity index is 2.47. The van der Waals surface area contributed by atoms with E-state index in [9.17, 15) is 19.8 Å². The maximum atomic E-state index is 12.5. The average molecular weight is 351 g/mol. The molecule has 6 nitrogen and oxygen atoms in total. The van der Waals surface area contributed by atoms with Crippen LogP contribution in [0.1, 0.15) is 42.2 Å². The van der Waals surface area contributed by atoms with Gasteiger partial charge >= 0.3 is 5.97 Å². The average Bonchev–Trinajstić information content (AvgIpc) is 2.89. The molecular formula is C17H21NO5S.